The highest BCUT2D eigenvalue weighted by Crippen LogP contribution is 2.53. The molecule has 1 aromatic rings. The van der Waals surface area contributed by atoms with Crippen molar-refractivity contribution < 1.29 is 9.63 Å². The van der Waals surface area contributed by atoms with Crippen molar-refractivity contribution in [3.05, 3.63) is 11.7 Å². The smallest absolute Gasteiger partial charge is 0.243 e. The molecule has 5 nitrogen and oxygen atoms in total. The number of aromatic nitrogens is 2. The van der Waals surface area contributed by atoms with Crippen LogP contribution in [0.5, 0.6) is 0 Å². The summed E-state index contributed by atoms with van der Waals surface area (Å²) in [6.45, 7) is 0.622. The molecular formula is C13H19N3O2. The molecule has 0 radical (unpaired) electrons. The fraction of sp³-hybridized carbons (Fsp3) is 0.846. The molecule has 0 amide bonds. The third kappa shape index (κ3) is 1.95. The van der Waals surface area contributed by atoms with E-state index in [0.717, 1.165) is 17.7 Å². The molecule has 2 atom stereocenters. The SMILES string of the molecule is O[C@@H]1CN[C@H](c2nc(C(C3CC3)C3CC3)no2)C1. The average molecular weight is 249 g/mol. The van der Waals surface area contributed by atoms with Crippen molar-refractivity contribution >= 4 is 0 Å². The Morgan fingerprint density at radius 3 is 2.50 bits per heavy atom. The molecule has 2 aliphatic carbocycles. The predicted octanol–water partition coefficient (Wildman–Crippen LogP) is 1.37. The van der Waals surface area contributed by atoms with Crippen LogP contribution in [0.25, 0.3) is 0 Å². The molecule has 5 heteroatoms. The number of hydrogen-bond donors (Lipinski definition) is 2. The van der Waals surface area contributed by atoms with E-state index in [1.54, 1.807) is 0 Å². The van der Waals surface area contributed by atoms with Gasteiger partial charge in [0, 0.05) is 12.5 Å². The minimum absolute atomic E-state index is 0.0420. The summed E-state index contributed by atoms with van der Waals surface area (Å²) in [6, 6.07) is 0.0420. The van der Waals surface area contributed by atoms with E-state index in [2.05, 4.69) is 15.5 Å². The van der Waals surface area contributed by atoms with Crippen molar-refractivity contribution in [3.8, 4) is 0 Å². The molecule has 0 aromatic carbocycles. The Hall–Kier alpha value is -0.940. The second-order valence-corrected chi connectivity index (χ2v) is 6.04. The number of nitrogens with zero attached hydrogens (tertiary/aromatic N) is 2. The van der Waals surface area contributed by atoms with Crippen molar-refractivity contribution in [3.63, 3.8) is 0 Å². The summed E-state index contributed by atoms with van der Waals surface area (Å²) in [5.41, 5.74) is 0. The van der Waals surface area contributed by atoms with Crippen LogP contribution < -0.4 is 5.32 Å². The van der Waals surface area contributed by atoms with Gasteiger partial charge >= 0.3 is 0 Å². The van der Waals surface area contributed by atoms with Crippen molar-refractivity contribution in [2.24, 2.45) is 11.8 Å². The lowest BCUT2D eigenvalue weighted by molar-refractivity contribution is 0.191. The van der Waals surface area contributed by atoms with Crippen LogP contribution in [0.1, 0.15) is 55.8 Å². The van der Waals surface area contributed by atoms with Gasteiger partial charge in [0.2, 0.25) is 5.89 Å². The van der Waals surface area contributed by atoms with Crippen LogP contribution in [0, 0.1) is 11.8 Å². The maximum atomic E-state index is 9.52. The first-order valence-electron chi connectivity index (χ1n) is 7.06. The molecule has 18 heavy (non-hydrogen) atoms. The van der Waals surface area contributed by atoms with Gasteiger partial charge in [0.15, 0.2) is 5.82 Å². The van der Waals surface area contributed by atoms with Crippen LogP contribution in [-0.4, -0.2) is 27.9 Å². The summed E-state index contributed by atoms with van der Waals surface area (Å²) in [6.07, 6.45) is 5.69. The minimum Gasteiger partial charge on any atom is -0.392 e. The number of aliphatic hydroxyl groups excluding tert-OH is 1. The van der Waals surface area contributed by atoms with E-state index < -0.39 is 0 Å². The second kappa shape index (κ2) is 4.03. The van der Waals surface area contributed by atoms with Gasteiger partial charge in [0.05, 0.1) is 12.1 Å². The summed E-state index contributed by atoms with van der Waals surface area (Å²) in [5, 5.41) is 16.9. The largest absolute Gasteiger partial charge is 0.392 e. The van der Waals surface area contributed by atoms with E-state index in [0.29, 0.717) is 24.8 Å². The maximum absolute atomic E-state index is 9.52. The molecule has 2 heterocycles. The predicted molar refractivity (Wildman–Crippen MR) is 63.9 cm³/mol. The first-order valence-corrected chi connectivity index (χ1v) is 7.06. The van der Waals surface area contributed by atoms with Crippen LogP contribution in [-0.2, 0) is 0 Å². The Kier molecular flexibility index (Phi) is 2.45. The Labute approximate surface area is 106 Å². The van der Waals surface area contributed by atoms with Crippen LogP contribution in [0.4, 0.5) is 0 Å². The molecule has 3 aliphatic rings. The van der Waals surface area contributed by atoms with Gasteiger partial charge in [-0.1, -0.05) is 5.16 Å². The molecule has 1 saturated heterocycles. The molecule has 2 N–H and O–H groups in total. The van der Waals surface area contributed by atoms with Crippen molar-refractivity contribution in [2.75, 3.05) is 6.54 Å². The van der Waals surface area contributed by atoms with Gasteiger partial charge in [-0.05, 0) is 43.9 Å². The second-order valence-electron chi connectivity index (χ2n) is 6.04. The third-order valence-corrected chi connectivity index (χ3v) is 4.42. The number of hydrogen-bond acceptors (Lipinski definition) is 5. The van der Waals surface area contributed by atoms with Gasteiger partial charge in [-0.3, -0.25) is 0 Å². The fourth-order valence-electron chi connectivity index (χ4n) is 3.15. The lowest BCUT2D eigenvalue weighted by Gasteiger charge is -2.09. The van der Waals surface area contributed by atoms with Crippen molar-refractivity contribution in [2.45, 2.75) is 50.2 Å². The molecule has 4 rings (SSSR count). The van der Waals surface area contributed by atoms with Gasteiger partial charge < -0.3 is 14.9 Å². The highest BCUT2D eigenvalue weighted by atomic mass is 16.5. The normalized spacial score (nSPS) is 32.3. The topological polar surface area (TPSA) is 71.2 Å². The van der Waals surface area contributed by atoms with Crippen molar-refractivity contribution in [1.82, 2.24) is 15.5 Å². The van der Waals surface area contributed by atoms with Crippen LogP contribution >= 0.6 is 0 Å². The van der Waals surface area contributed by atoms with E-state index >= 15 is 0 Å². The quantitative estimate of drug-likeness (QED) is 0.843. The molecule has 3 fully saturated rings. The van der Waals surface area contributed by atoms with E-state index in [-0.39, 0.29) is 12.1 Å². The molecule has 0 spiro atoms. The number of rotatable bonds is 4. The summed E-state index contributed by atoms with van der Waals surface area (Å²) < 4.78 is 5.40. The van der Waals surface area contributed by atoms with E-state index in [4.69, 9.17) is 4.52 Å². The van der Waals surface area contributed by atoms with Gasteiger partial charge in [0.1, 0.15) is 0 Å². The Morgan fingerprint density at radius 2 is 1.94 bits per heavy atom. The highest BCUT2D eigenvalue weighted by Gasteiger charge is 2.45. The Bertz CT molecular complexity index is 427. The minimum atomic E-state index is -0.284. The summed E-state index contributed by atoms with van der Waals surface area (Å²) in [7, 11) is 0. The highest BCUT2D eigenvalue weighted by molar-refractivity contribution is 5.10. The van der Waals surface area contributed by atoms with E-state index in [1.807, 2.05) is 0 Å². The number of β-amino-alcohol motifs (C(OH)–C–C–N with tert-alkyl or cyclic N) is 1. The molecule has 0 bridgehead atoms. The summed E-state index contributed by atoms with van der Waals surface area (Å²) in [4.78, 5) is 4.60. The van der Waals surface area contributed by atoms with E-state index in [1.165, 1.54) is 25.7 Å². The zero-order valence-electron chi connectivity index (χ0n) is 10.4. The summed E-state index contributed by atoms with van der Waals surface area (Å²) >= 11 is 0. The zero-order chi connectivity index (χ0) is 12.1. The lowest BCUT2D eigenvalue weighted by Crippen LogP contribution is -2.15. The van der Waals surface area contributed by atoms with Gasteiger partial charge in [-0.15, -0.1) is 0 Å². The first kappa shape index (κ1) is 10.9. The first-order chi connectivity index (χ1) is 8.81. The monoisotopic (exact) mass is 249 g/mol. The van der Waals surface area contributed by atoms with Crippen molar-refractivity contribution in [1.29, 1.82) is 0 Å². The zero-order valence-corrected chi connectivity index (χ0v) is 10.4. The fourth-order valence-corrected chi connectivity index (χ4v) is 3.15. The van der Waals surface area contributed by atoms with Crippen LogP contribution in [0.3, 0.4) is 0 Å². The molecule has 0 unspecified atom stereocenters. The molecule has 98 valence electrons. The maximum Gasteiger partial charge on any atom is 0.243 e. The molecular weight excluding hydrogens is 230 g/mol. The average Bonchev–Trinajstić information content (AvgIpc) is 3.26. The lowest BCUT2D eigenvalue weighted by atomic mass is 9.97. The third-order valence-electron chi connectivity index (χ3n) is 4.42. The van der Waals surface area contributed by atoms with Gasteiger partial charge in [-0.2, -0.15) is 4.98 Å². The Balaban J connectivity index is 1.53. The van der Waals surface area contributed by atoms with Gasteiger partial charge in [0.25, 0.3) is 0 Å². The Morgan fingerprint density at radius 1 is 1.22 bits per heavy atom. The molecule has 2 saturated carbocycles. The molecule has 1 aromatic heterocycles. The number of nitrogens with one attached hydrogen (secondary N) is 1. The standard InChI is InChI=1S/C13H19N3O2/c17-9-5-10(14-6-9)13-15-12(16-18-13)11(7-1-2-7)8-3-4-8/h7-11,14,17H,1-6H2/t9-,10-/m0/s1. The number of aliphatic hydroxyl groups is 1. The van der Waals surface area contributed by atoms with E-state index in [9.17, 15) is 5.11 Å². The molecule has 1 aliphatic heterocycles. The van der Waals surface area contributed by atoms with Gasteiger partial charge in [-0.25, -0.2) is 0 Å². The summed E-state index contributed by atoms with van der Waals surface area (Å²) in [5.74, 6) is 3.70. The van der Waals surface area contributed by atoms with Crippen LogP contribution in [0.15, 0.2) is 4.52 Å². The van der Waals surface area contributed by atoms with Crippen LogP contribution in [0.2, 0.25) is 0 Å².